The number of methoxy groups -OCH3 is 1. The van der Waals surface area contributed by atoms with E-state index in [2.05, 4.69) is 25.3 Å². The molecule has 0 radical (unpaired) electrons. The zero-order valence-corrected chi connectivity index (χ0v) is 15.4. The Hall–Kier alpha value is -2.57. The maximum absolute atomic E-state index is 13.2. The largest absolute Gasteiger partial charge is 0.469 e. The van der Waals surface area contributed by atoms with Crippen LogP contribution in [0.5, 0.6) is 0 Å². The first-order valence-electron chi connectivity index (χ1n) is 8.91. The third-order valence-electron chi connectivity index (χ3n) is 4.22. The Balaban J connectivity index is 1.66. The summed E-state index contributed by atoms with van der Waals surface area (Å²) >= 11 is 0. The molecule has 0 spiro atoms. The number of hydrogen-bond donors (Lipinski definition) is 3. The normalized spacial score (nSPS) is 11.6. The summed E-state index contributed by atoms with van der Waals surface area (Å²) in [5, 5.41) is 7.58. The zero-order valence-electron chi connectivity index (χ0n) is 15.4. The van der Waals surface area contributed by atoms with Crippen molar-refractivity contribution >= 4 is 22.8 Å². The number of fused-ring (bicyclic) bond motifs is 1. The van der Waals surface area contributed by atoms with Crippen molar-refractivity contribution in [2.45, 2.75) is 32.1 Å². The van der Waals surface area contributed by atoms with Crippen molar-refractivity contribution < 1.29 is 13.9 Å². The molecule has 2 aromatic rings. The number of H-pyrrole nitrogens is 1. The number of aromatic amines is 1. The molecule has 0 saturated heterocycles. The van der Waals surface area contributed by atoms with Crippen molar-refractivity contribution in [2.24, 2.45) is 4.99 Å². The molecule has 3 N–H and O–H groups in total. The maximum Gasteiger partial charge on any atom is 0.305 e. The number of benzene rings is 1. The molecule has 6 nitrogen and oxygen atoms in total. The Morgan fingerprint density at radius 3 is 2.81 bits per heavy atom. The summed E-state index contributed by atoms with van der Waals surface area (Å²) in [6, 6.07) is 4.79. The van der Waals surface area contributed by atoms with Gasteiger partial charge in [-0.15, -0.1) is 0 Å². The summed E-state index contributed by atoms with van der Waals surface area (Å²) < 4.78 is 17.8. The quantitative estimate of drug-likeness (QED) is 0.277. The lowest BCUT2D eigenvalue weighted by Crippen LogP contribution is -2.38. The molecule has 0 amide bonds. The molecule has 0 fully saturated rings. The van der Waals surface area contributed by atoms with Crippen LogP contribution >= 0.6 is 0 Å². The van der Waals surface area contributed by atoms with Gasteiger partial charge in [-0.25, -0.2) is 4.39 Å². The van der Waals surface area contributed by atoms with Crippen molar-refractivity contribution in [1.29, 1.82) is 0 Å². The second-order valence-corrected chi connectivity index (χ2v) is 6.07. The third-order valence-corrected chi connectivity index (χ3v) is 4.22. The predicted octanol–water partition coefficient (Wildman–Crippen LogP) is 2.75. The molecule has 0 aliphatic rings. The number of halogens is 1. The zero-order chi connectivity index (χ0) is 18.8. The molecule has 0 atom stereocenters. The average molecular weight is 362 g/mol. The molecule has 7 heteroatoms. The van der Waals surface area contributed by atoms with Crippen LogP contribution in [0.1, 0.15) is 31.2 Å². The van der Waals surface area contributed by atoms with E-state index in [1.54, 1.807) is 13.1 Å². The van der Waals surface area contributed by atoms with Crippen molar-refractivity contribution in [3.63, 3.8) is 0 Å². The van der Waals surface area contributed by atoms with E-state index in [1.807, 2.05) is 6.20 Å². The number of aromatic nitrogens is 1. The van der Waals surface area contributed by atoms with Crippen LogP contribution in [-0.2, 0) is 16.0 Å². The fourth-order valence-electron chi connectivity index (χ4n) is 2.78. The highest BCUT2D eigenvalue weighted by molar-refractivity contribution is 5.83. The van der Waals surface area contributed by atoms with Crippen LogP contribution in [0, 0.1) is 5.82 Å². The monoisotopic (exact) mass is 362 g/mol. The van der Waals surface area contributed by atoms with Gasteiger partial charge < -0.3 is 20.4 Å². The van der Waals surface area contributed by atoms with Crippen molar-refractivity contribution in [3.05, 3.63) is 35.8 Å². The maximum atomic E-state index is 13.2. The van der Waals surface area contributed by atoms with Gasteiger partial charge in [0, 0.05) is 43.7 Å². The number of nitrogens with zero attached hydrogens (tertiary/aromatic N) is 1. The first-order chi connectivity index (χ1) is 12.6. The number of carbonyl (C=O) groups excluding carboxylic acids is 1. The molecule has 0 unspecified atom stereocenters. The third kappa shape index (κ3) is 6.06. The van der Waals surface area contributed by atoms with Crippen LogP contribution in [0.25, 0.3) is 10.9 Å². The van der Waals surface area contributed by atoms with E-state index in [0.717, 1.165) is 61.2 Å². The average Bonchev–Trinajstić information content (AvgIpc) is 3.04. The smallest absolute Gasteiger partial charge is 0.305 e. The molecule has 1 aromatic heterocycles. The van der Waals surface area contributed by atoms with Crippen LogP contribution in [0.2, 0.25) is 0 Å². The Bertz CT molecular complexity index is 742. The molecule has 0 aliphatic heterocycles. The number of rotatable bonds is 9. The van der Waals surface area contributed by atoms with Crippen molar-refractivity contribution in [1.82, 2.24) is 15.6 Å². The standard InChI is InChI=1S/C19H27FN4O2/c1-21-19(22-10-5-3-4-6-18(25)26-2)23-11-9-14-13-24-17-12-15(20)7-8-16(14)17/h7-8,12-13,24H,3-6,9-11H2,1-2H3,(H2,21,22,23). The van der Waals surface area contributed by atoms with Gasteiger partial charge in [0.05, 0.1) is 7.11 Å². The molecule has 0 saturated carbocycles. The topological polar surface area (TPSA) is 78.5 Å². The lowest BCUT2D eigenvalue weighted by Gasteiger charge is -2.11. The van der Waals surface area contributed by atoms with Gasteiger partial charge in [0.25, 0.3) is 0 Å². The Labute approximate surface area is 153 Å². The van der Waals surface area contributed by atoms with Crippen LogP contribution < -0.4 is 10.6 Å². The summed E-state index contributed by atoms with van der Waals surface area (Å²) in [4.78, 5) is 18.3. The summed E-state index contributed by atoms with van der Waals surface area (Å²) in [5.41, 5.74) is 1.96. The Morgan fingerprint density at radius 1 is 1.23 bits per heavy atom. The van der Waals surface area contributed by atoms with Crippen LogP contribution in [0.4, 0.5) is 4.39 Å². The van der Waals surface area contributed by atoms with Gasteiger partial charge >= 0.3 is 5.97 Å². The minimum atomic E-state index is -0.236. The van der Waals surface area contributed by atoms with Gasteiger partial charge in [0.15, 0.2) is 5.96 Å². The first-order valence-corrected chi connectivity index (χ1v) is 8.91. The number of carbonyl (C=O) groups is 1. The van der Waals surface area contributed by atoms with Gasteiger partial charge in [-0.1, -0.05) is 6.42 Å². The second-order valence-electron chi connectivity index (χ2n) is 6.07. The SMILES string of the molecule is CN=C(NCCCCCC(=O)OC)NCCc1c[nH]c2cc(F)ccc12. The van der Waals surface area contributed by atoms with Crippen LogP contribution in [0.15, 0.2) is 29.4 Å². The fourth-order valence-corrected chi connectivity index (χ4v) is 2.78. The Kier molecular flexibility index (Phi) is 7.92. The van der Waals surface area contributed by atoms with E-state index in [4.69, 9.17) is 0 Å². The number of guanidine groups is 1. The highest BCUT2D eigenvalue weighted by atomic mass is 19.1. The van der Waals surface area contributed by atoms with E-state index in [1.165, 1.54) is 19.2 Å². The van der Waals surface area contributed by atoms with Gasteiger partial charge in [-0.3, -0.25) is 9.79 Å². The minimum Gasteiger partial charge on any atom is -0.469 e. The van der Waals surface area contributed by atoms with E-state index >= 15 is 0 Å². The minimum absolute atomic E-state index is 0.157. The van der Waals surface area contributed by atoms with Gasteiger partial charge in [0.1, 0.15) is 5.82 Å². The summed E-state index contributed by atoms with van der Waals surface area (Å²) in [6.07, 6.45) is 5.96. The van der Waals surface area contributed by atoms with E-state index in [9.17, 15) is 9.18 Å². The van der Waals surface area contributed by atoms with Crippen LogP contribution in [-0.4, -0.2) is 44.2 Å². The lowest BCUT2D eigenvalue weighted by molar-refractivity contribution is -0.140. The van der Waals surface area contributed by atoms with Crippen molar-refractivity contribution in [3.8, 4) is 0 Å². The number of esters is 1. The number of unbranched alkanes of at least 4 members (excludes halogenated alkanes) is 2. The van der Waals surface area contributed by atoms with E-state index < -0.39 is 0 Å². The van der Waals surface area contributed by atoms with E-state index in [-0.39, 0.29) is 11.8 Å². The van der Waals surface area contributed by atoms with Gasteiger partial charge in [0.2, 0.25) is 0 Å². The highest BCUT2D eigenvalue weighted by Gasteiger charge is 2.05. The molecule has 142 valence electrons. The first kappa shape index (κ1) is 19.8. The number of hydrogen-bond acceptors (Lipinski definition) is 3. The van der Waals surface area contributed by atoms with Crippen LogP contribution in [0.3, 0.4) is 0 Å². The van der Waals surface area contributed by atoms with Crippen molar-refractivity contribution in [2.75, 3.05) is 27.2 Å². The Morgan fingerprint density at radius 2 is 2.04 bits per heavy atom. The lowest BCUT2D eigenvalue weighted by atomic mass is 10.1. The molecular formula is C19H27FN4O2. The number of ether oxygens (including phenoxy) is 1. The molecule has 0 bridgehead atoms. The molecule has 1 aromatic carbocycles. The second kappa shape index (κ2) is 10.4. The fraction of sp³-hybridized carbons (Fsp3) is 0.474. The predicted molar refractivity (Wildman–Crippen MR) is 102 cm³/mol. The molecule has 1 heterocycles. The number of aliphatic imine (C=N–C) groups is 1. The highest BCUT2D eigenvalue weighted by Crippen LogP contribution is 2.19. The van der Waals surface area contributed by atoms with E-state index in [0.29, 0.717) is 6.42 Å². The molecule has 2 rings (SSSR count). The molecular weight excluding hydrogens is 335 g/mol. The summed E-state index contributed by atoms with van der Waals surface area (Å²) in [5.74, 6) is 0.361. The summed E-state index contributed by atoms with van der Waals surface area (Å²) in [7, 11) is 3.15. The van der Waals surface area contributed by atoms with Gasteiger partial charge in [-0.05, 0) is 43.0 Å². The molecule has 0 aliphatic carbocycles. The molecule has 26 heavy (non-hydrogen) atoms. The summed E-state index contributed by atoms with van der Waals surface area (Å²) in [6.45, 7) is 1.53. The number of nitrogens with one attached hydrogen (secondary N) is 3. The van der Waals surface area contributed by atoms with Gasteiger partial charge in [-0.2, -0.15) is 0 Å².